The molecule has 0 saturated carbocycles. The fourth-order valence-electron chi connectivity index (χ4n) is 4.28. The van der Waals surface area contributed by atoms with Crippen LogP contribution in [0.2, 0.25) is 0 Å². The average molecular weight is 475 g/mol. The maximum absolute atomic E-state index is 12.6. The van der Waals surface area contributed by atoms with E-state index < -0.39 is 30.1 Å². The molecule has 0 aromatic heterocycles. The van der Waals surface area contributed by atoms with Crippen LogP contribution < -0.4 is 10.6 Å². The highest BCUT2D eigenvalue weighted by Gasteiger charge is 2.30. The smallest absolute Gasteiger partial charge is 0.407 e. The molecule has 0 bridgehead atoms. The fourth-order valence-corrected chi connectivity index (χ4v) is 4.28. The molecule has 1 aliphatic carbocycles. The highest BCUT2D eigenvalue weighted by atomic mass is 16.5. The number of rotatable bonds is 9. The summed E-state index contributed by atoms with van der Waals surface area (Å²) in [6.07, 6.45) is -1.79. The van der Waals surface area contributed by atoms with Crippen LogP contribution in [0.25, 0.3) is 11.1 Å². The van der Waals surface area contributed by atoms with E-state index in [-0.39, 0.29) is 19.1 Å². The highest BCUT2D eigenvalue weighted by molar-refractivity contribution is 5.87. The third-order valence-electron chi connectivity index (χ3n) is 6.02. The highest BCUT2D eigenvalue weighted by Crippen LogP contribution is 2.44. The van der Waals surface area contributed by atoms with Crippen molar-refractivity contribution >= 4 is 18.0 Å². The summed E-state index contributed by atoms with van der Waals surface area (Å²) < 4.78 is 10.6. The van der Waals surface area contributed by atoms with Gasteiger partial charge in [0.15, 0.2) is 12.1 Å². The zero-order valence-electron chi connectivity index (χ0n) is 19.1. The van der Waals surface area contributed by atoms with Crippen molar-refractivity contribution in [2.24, 2.45) is 0 Å². The molecule has 3 aromatic carbocycles. The number of carboxylic acid groups (broad SMARTS) is 1. The van der Waals surface area contributed by atoms with Crippen molar-refractivity contribution in [3.05, 3.63) is 95.6 Å². The molecular formula is C27H26N2O6. The summed E-state index contributed by atoms with van der Waals surface area (Å²) in [5.41, 5.74) is 4.86. The van der Waals surface area contributed by atoms with Gasteiger partial charge in [0, 0.05) is 13.0 Å². The first-order valence-corrected chi connectivity index (χ1v) is 11.2. The monoisotopic (exact) mass is 474 g/mol. The number of ether oxygens (including phenoxy) is 2. The number of fused-ring (bicyclic) bond motifs is 3. The Labute approximate surface area is 202 Å². The molecule has 8 heteroatoms. The molecule has 0 heterocycles. The van der Waals surface area contributed by atoms with Gasteiger partial charge in [0.2, 0.25) is 0 Å². The number of hydrogen-bond acceptors (Lipinski definition) is 5. The van der Waals surface area contributed by atoms with E-state index in [2.05, 4.69) is 22.8 Å². The van der Waals surface area contributed by atoms with E-state index in [1.807, 2.05) is 36.4 Å². The maximum atomic E-state index is 12.6. The van der Waals surface area contributed by atoms with E-state index in [1.54, 1.807) is 30.3 Å². The van der Waals surface area contributed by atoms with Crippen LogP contribution in [-0.4, -0.2) is 49.4 Å². The third-order valence-corrected chi connectivity index (χ3v) is 6.02. The van der Waals surface area contributed by atoms with Crippen molar-refractivity contribution in [3.63, 3.8) is 0 Å². The number of carboxylic acids is 1. The summed E-state index contributed by atoms with van der Waals surface area (Å²) in [7, 11) is 1.31. The molecule has 35 heavy (non-hydrogen) atoms. The van der Waals surface area contributed by atoms with E-state index in [0.717, 1.165) is 22.3 Å². The molecule has 2 atom stereocenters. The number of nitrogens with one attached hydrogen (secondary N) is 2. The molecule has 0 aliphatic heterocycles. The zero-order valence-corrected chi connectivity index (χ0v) is 19.1. The third kappa shape index (κ3) is 5.33. The maximum Gasteiger partial charge on any atom is 0.407 e. The van der Waals surface area contributed by atoms with Gasteiger partial charge in [0.05, 0.1) is 6.54 Å². The first-order chi connectivity index (χ1) is 17.0. The van der Waals surface area contributed by atoms with E-state index in [9.17, 15) is 19.5 Å². The molecule has 180 valence electrons. The Morgan fingerprint density at radius 2 is 1.46 bits per heavy atom. The summed E-state index contributed by atoms with van der Waals surface area (Å²) >= 11 is 0. The van der Waals surface area contributed by atoms with E-state index in [1.165, 1.54) is 7.11 Å². The SMILES string of the molecule is COC(CNC(=O)OCC1c2ccccc2-c2ccccc21)C(=O)NC(C(=O)O)c1ccccc1. The first kappa shape index (κ1) is 24.0. The second-order valence-electron chi connectivity index (χ2n) is 8.12. The predicted molar refractivity (Wildman–Crippen MR) is 129 cm³/mol. The Balaban J connectivity index is 1.33. The van der Waals surface area contributed by atoms with Gasteiger partial charge >= 0.3 is 12.1 Å². The van der Waals surface area contributed by atoms with Gasteiger partial charge in [-0.05, 0) is 27.8 Å². The number of benzene rings is 3. The molecule has 0 radical (unpaired) electrons. The van der Waals surface area contributed by atoms with Crippen LogP contribution in [0.1, 0.15) is 28.7 Å². The summed E-state index contributed by atoms with van der Waals surface area (Å²) in [6.45, 7) is -0.0427. The molecule has 3 aromatic rings. The number of hydrogen-bond donors (Lipinski definition) is 3. The lowest BCUT2D eigenvalue weighted by molar-refractivity contribution is -0.144. The molecule has 0 fully saturated rings. The van der Waals surface area contributed by atoms with Crippen molar-refractivity contribution in [3.8, 4) is 11.1 Å². The summed E-state index contributed by atoms with van der Waals surface area (Å²) in [6, 6.07) is 23.1. The molecule has 1 aliphatic rings. The lowest BCUT2D eigenvalue weighted by Gasteiger charge is -2.20. The van der Waals surface area contributed by atoms with Crippen molar-refractivity contribution in [2.75, 3.05) is 20.3 Å². The van der Waals surface area contributed by atoms with E-state index in [4.69, 9.17) is 9.47 Å². The van der Waals surface area contributed by atoms with Gasteiger partial charge in [-0.15, -0.1) is 0 Å². The minimum Gasteiger partial charge on any atom is -0.479 e. The summed E-state index contributed by atoms with van der Waals surface area (Å²) in [4.78, 5) is 36.7. The van der Waals surface area contributed by atoms with Gasteiger partial charge in [-0.1, -0.05) is 78.9 Å². The molecular weight excluding hydrogens is 448 g/mol. The lowest BCUT2D eigenvalue weighted by Crippen LogP contribution is -2.46. The van der Waals surface area contributed by atoms with Gasteiger partial charge in [-0.2, -0.15) is 0 Å². The van der Waals surface area contributed by atoms with Crippen molar-refractivity contribution in [2.45, 2.75) is 18.1 Å². The molecule has 2 unspecified atom stereocenters. The summed E-state index contributed by atoms with van der Waals surface area (Å²) in [5, 5.41) is 14.5. The number of methoxy groups -OCH3 is 1. The molecule has 3 N–H and O–H groups in total. The second-order valence-corrected chi connectivity index (χ2v) is 8.12. The number of aliphatic carboxylic acids is 1. The van der Waals surface area contributed by atoms with Crippen LogP contribution in [0.15, 0.2) is 78.9 Å². The van der Waals surface area contributed by atoms with Crippen LogP contribution in [0.3, 0.4) is 0 Å². The minimum atomic E-state index is -1.24. The Bertz CT molecular complexity index is 1170. The Morgan fingerprint density at radius 1 is 0.886 bits per heavy atom. The van der Waals surface area contributed by atoms with E-state index >= 15 is 0 Å². The molecule has 4 rings (SSSR count). The number of alkyl carbamates (subject to hydrolysis) is 1. The Hall–Kier alpha value is -4.17. The normalized spacial score (nSPS) is 13.7. The zero-order chi connectivity index (χ0) is 24.8. The predicted octanol–water partition coefficient (Wildman–Crippen LogP) is 3.48. The van der Waals surface area contributed by atoms with Crippen LogP contribution in [0.4, 0.5) is 4.79 Å². The molecule has 0 spiro atoms. The van der Waals surface area contributed by atoms with Gasteiger partial charge in [0.25, 0.3) is 5.91 Å². The van der Waals surface area contributed by atoms with Crippen LogP contribution in [-0.2, 0) is 19.1 Å². The van der Waals surface area contributed by atoms with E-state index in [0.29, 0.717) is 5.56 Å². The standard InChI is InChI=1S/C27H26N2O6/c1-34-23(25(30)29-24(26(31)32)17-9-3-2-4-10-17)15-28-27(33)35-16-22-20-13-7-5-11-18(20)19-12-6-8-14-21(19)22/h2-14,22-24H,15-16H2,1H3,(H,28,33)(H,29,30)(H,31,32). The van der Waals surface area contributed by atoms with Crippen LogP contribution >= 0.6 is 0 Å². The quantitative estimate of drug-likeness (QED) is 0.438. The first-order valence-electron chi connectivity index (χ1n) is 11.2. The van der Waals surface area contributed by atoms with Gasteiger partial charge in [-0.3, -0.25) is 4.79 Å². The lowest BCUT2D eigenvalue weighted by atomic mass is 9.98. The van der Waals surface area contributed by atoms with Crippen LogP contribution in [0.5, 0.6) is 0 Å². The second kappa shape index (κ2) is 10.8. The minimum absolute atomic E-state index is 0.0862. The summed E-state index contributed by atoms with van der Waals surface area (Å²) in [5.74, 6) is -1.96. The number of amides is 2. The van der Waals surface area contributed by atoms with Crippen molar-refractivity contribution in [1.82, 2.24) is 10.6 Å². The topological polar surface area (TPSA) is 114 Å². The Morgan fingerprint density at radius 3 is 2.03 bits per heavy atom. The molecule has 2 amide bonds. The average Bonchev–Trinajstić information content (AvgIpc) is 3.20. The van der Waals surface area contributed by atoms with Gasteiger partial charge < -0.3 is 25.2 Å². The fraction of sp³-hybridized carbons (Fsp3) is 0.222. The van der Waals surface area contributed by atoms with Crippen molar-refractivity contribution < 1.29 is 29.0 Å². The largest absolute Gasteiger partial charge is 0.479 e. The Kier molecular flexibility index (Phi) is 7.42. The van der Waals surface area contributed by atoms with Gasteiger partial charge in [-0.25, -0.2) is 9.59 Å². The van der Waals surface area contributed by atoms with Crippen LogP contribution in [0, 0.1) is 0 Å². The van der Waals surface area contributed by atoms with Crippen molar-refractivity contribution in [1.29, 1.82) is 0 Å². The molecule has 8 nitrogen and oxygen atoms in total. The molecule has 0 saturated heterocycles. The van der Waals surface area contributed by atoms with Gasteiger partial charge in [0.1, 0.15) is 6.61 Å². The number of carbonyl (C=O) groups excluding carboxylic acids is 2. The number of carbonyl (C=O) groups is 3.